The minimum Gasteiger partial charge on any atom is -0.507 e. The van der Waals surface area contributed by atoms with Crippen molar-refractivity contribution in [1.82, 2.24) is 9.55 Å². The molecule has 0 saturated heterocycles. The van der Waals surface area contributed by atoms with Gasteiger partial charge in [-0.3, -0.25) is 9.36 Å². The highest BCUT2D eigenvalue weighted by molar-refractivity contribution is 5.77. The number of phenols is 1. The molecule has 3 aromatic rings. The topological polar surface area (TPSA) is 55.1 Å². The maximum absolute atomic E-state index is 13.0. The maximum atomic E-state index is 13.0. The lowest BCUT2D eigenvalue weighted by Gasteiger charge is -2.15. The summed E-state index contributed by atoms with van der Waals surface area (Å²) < 4.78 is 1.58. The van der Waals surface area contributed by atoms with Crippen molar-refractivity contribution >= 4 is 10.9 Å². The summed E-state index contributed by atoms with van der Waals surface area (Å²) in [4.78, 5) is 17.5. The Labute approximate surface area is 146 Å². The molecule has 1 aromatic heterocycles. The Morgan fingerprint density at radius 3 is 2.32 bits per heavy atom. The van der Waals surface area contributed by atoms with Crippen molar-refractivity contribution in [3.63, 3.8) is 0 Å². The summed E-state index contributed by atoms with van der Waals surface area (Å²) in [5, 5.41) is 11.0. The molecule has 3 rings (SSSR count). The second kappa shape index (κ2) is 6.77. The number of allylic oxidation sites excluding steroid dienone is 2. The first kappa shape index (κ1) is 16.7. The Bertz CT molecular complexity index is 1000. The van der Waals surface area contributed by atoms with Crippen LogP contribution < -0.4 is 5.56 Å². The Morgan fingerprint density at radius 2 is 1.72 bits per heavy atom. The normalized spacial score (nSPS) is 10.8. The number of aromatic hydroxyl groups is 1. The van der Waals surface area contributed by atoms with Crippen LogP contribution in [0.2, 0.25) is 0 Å². The largest absolute Gasteiger partial charge is 0.507 e. The molecule has 0 amide bonds. The lowest BCUT2D eigenvalue weighted by atomic mass is 10.0. The highest BCUT2D eigenvalue weighted by Gasteiger charge is 2.14. The van der Waals surface area contributed by atoms with Crippen LogP contribution in [0.3, 0.4) is 0 Å². The first-order valence-electron chi connectivity index (χ1n) is 8.12. The predicted molar refractivity (Wildman–Crippen MR) is 102 cm³/mol. The van der Waals surface area contributed by atoms with E-state index in [0.29, 0.717) is 35.3 Å². The zero-order chi connectivity index (χ0) is 18.0. The Kier molecular flexibility index (Phi) is 4.52. The van der Waals surface area contributed by atoms with E-state index >= 15 is 0 Å². The standard InChI is InChI=1S/C21H20N2O2/c1-4-8-15-12-17(13-16(9-5-2)20(15)24)23-14(3)22-19-11-7-6-10-18(19)21(23)25/h4-7,10-13,24H,1-2,8-9H2,3H3. The molecule has 25 heavy (non-hydrogen) atoms. The number of aromatic nitrogens is 2. The van der Waals surface area contributed by atoms with Gasteiger partial charge in [0.05, 0.1) is 16.6 Å². The second-order valence-corrected chi connectivity index (χ2v) is 5.91. The number of nitrogens with zero attached hydrogens (tertiary/aromatic N) is 2. The molecule has 0 atom stereocenters. The highest BCUT2D eigenvalue weighted by Crippen LogP contribution is 2.28. The molecule has 126 valence electrons. The summed E-state index contributed by atoms with van der Waals surface area (Å²) >= 11 is 0. The summed E-state index contributed by atoms with van der Waals surface area (Å²) in [6.45, 7) is 9.28. The lowest BCUT2D eigenvalue weighted by molar-refractivity contribution is 0.464. The number of para-hydroxylation sites is 1. The van der Waals surface area contributed by atoms with Crippen LogP contribution in [0.25, 0.3) is 16.6 Å². The Balaban J connectivity index is 2.32. The minimum absolute atomic E-state index is 0.122. The van der Waals surface area contributed by atoms with Crippen LogP contribution >= 0.6 is 0 Å². The third-order valence-corrected chi connectivity index (χ3v) is 4.18. The van der Waals surface area contributed by atoms with E-state index < -0.39 is 0 Å². The maximum Gasteiger partial charge on any atom is 0.265 e. The van der Waals surface area contributed by atoms with E-state index in [1.807, 2.05) is 30.3 Å². The number of hydrogen-bond acceptors (Lipinski definition) is 3. The molecular formula is C21H20N2O2. The van der Waals surface area contributed by atoms with Crippen molar-refractivity contribution in [2.45, 2.75) is 19.8 Å². The fourth-order valence-corrected chi connectivity index (χ4v) is 3.04. The highest BCUT2D eigenvalue weighted by atomic mass is 16.3. The van der Waals surface area contributed by atoms with Gasteiger partial charge in [0, 0.05) is 0 Å². The molecule has 0 bridgehead atoms. The smallest absolute Gasteiger partial charge is 0.265 e. The zero-order valence-electron chi connectivity index (χ0n) is 14.2. The van der Waals surface area contributed by atoms with Crippen molar-refractivity contribution in [2.24, 2.45) is 0 Å². The van der Waals surface area contributed by atoms with E-state index in [-0.39, 0.29) is 11.3 Å². The van der Waals surface area contributed by atoms with Gasteiger partial charge in [-0.05, 0) is 55.2 Å². The van der Waals surface area contributed by atoms with Gasteiger partial charge in [-0.2, -0.15) is 0 Å². The molecule has 1 heterocycles. The molecule has 2 aromatic carbocycles. The molecule has 0 spiro atoms. The van der Waals surface area contributed by atoms with Crippen molar-refractivity contribution in [1.29, 1.82) is 0 Å². The predicted octanol–water partition coefficient (Wildman–Crippen LogP) is 3.86. The molecule has 0 aliphatic rings. The number of aryl methyl sites for hydroxylation is 1. The first-order chi connectivity index (χ1) is 12.1. The molecule has 0 unspecified atom stereocenters. The second-order valence-electron chi connectivity index (χ2n) is 5.91. The van der Waals surface area contributed by atoms with Gasteiger partial charge >= 0.3 is 0 Å². The van der Waals surface area contributed by atoms with E-state index in [9.17, 15) is 9.90 Å². The van der Waals surface area contributed by atoms with Gasteiger partial charge < -0.3 is 5.11 Å². The van der Waals surface area contributed by atoms with Gasteiger partial charge in [0.25, 0.3) is 5.56 Å². The van der Waals surface area contributed by atoms with Crippen LogP contribution in [-0.4, -0.2) is 14.7 Å². The average Bonchev–Trinajstić information content (AvgIpc) is 2.59. The summed E-state index contributed by atoms with van der Waals surface area (Å²) in [7, 11) is 0. The van der Waals surface area contributed by atoms with Crippen LogP contribution in [0, 0.1) is 6.92 Å². The van der Waals surface area contributed by atoms with Crippen LogP contribution in [-0.2, 0) is 12.8 Å². The van der Waals surface area contributed by atoms with Crippen LogP contribution in [0.15, 0.2) is 66.5 Å². The van der Waals surface area contributed by atoms with Crippen molar-refractivity contribution in [3.05, 3.63) is 89.0 Å². The number of fused-ring (bicyclic) bond motifs is 1. The van der Waals surface area contributed by atoms with E-state index in [4.69, 9.17) is 0 Å². The number of rotatable bonds is 5. The van der Waals surface area contributed by atoms with Gasteiger partial charge in [-0.25, -0.2) is 4.98 Å². The third-order valence-electron chi connectivity index (χ3n) is 4.18. The quantitative estimate of drug-likeness (QED) is 0.722. The van der Waals surface area contributed by atoms with E-state index in [2.05, 4.69) is 18.1 Å². The minimum atomic E-state index is -0.122. The van der Waals surface area contributed by atoms with Gasteiger partial charge in [-0.15, -0.1) is 13.2 Å². The number of benzene rings is 2. The fraction of sp³-hybridized carbons (Fsp3) is 0.143. The zero-order valence-corrected chi connectivity index (χ0v) is 14.2. The Hall–Kier alpha value is -3.14. The summed E-state index contributed by atoms with van der Waals surface area (Å²) in [6.07, 6.45) is 4.48. The molecule has 1 N–H and O–H groups in total. The van der Waals surface area contributed by atoms with Gasteiger partial charge in [0.15, 0.2) is 0 Å². The molecule has 0 saturated carbocycles. The van der Waals surface area contributed by atoms with Crippen molar-refractivity contribution in [3.8, 4) is 11.4 Å². The van der Waals surface area contributed by atoms with Crippen LogP contribution in [0.1, 0.15) is 17.0 Å². The van der Waals surface area contributed by atoms with E-state index in [1.165, 1.54) is 0 Å². The SMILES string of the molecule is C=CCc1cc(-n2c(C)nc3ccccc3c2=O)cc(CC=C)c1O. The van der Waals surface area contributed by atoms with E-state index in [1.54, 1.807) is 29.7 Å². The van der Waals surface area contributed by atoms with Crippen molar-refractivity contribution < 1.29 is 5.11 Å². The van der Waals surface area contributed by atoms with Crippen LogP contribution in [0.4, 0.5) is 0 Å². The fourth-order valence-electron chi connectivity index (χ4n) is 3.04. The summed E-state index contributed by atoms with van der Waals surface area (Å²) in [6, 6.07) is 10.9. The van der Waals surface area contributed by atoms with Gasteiger partial charge in [-0.1, -0.05) is 24.3 Å². The van der Waals surface area contributed by atoms with Gasteiger partial charge in [0.1, 0.15) is 11.6 Å². The molecular weight excluding hydrogens is 312 g/mol. The monoisotopic (exact) mass is 332 g/mol. The summed E-state index contributed by atoms with van der Waals surface area (Å²) in [5.41, 5.74) is 2.69. The molecule has 0 aliphatic heterocycles. The summed E-state index contributed by atoms with van der Waals surface area (Å²) in [5.74, 6) is 0.825. The van der Waals surface area contributed by atoms with Crippen LogP contribution in [0.5, 0.6) is 5.75 Å². The molecule has 4 nitrogen and oxygen atoms in total. The average molecular weight is 332 g/mol. The Morgan fingerprint density at radius 1 is 1.12 bits per heavy atom. The van der Waals surface area contributed by atoms with Gasteiger partial charge in [0.2, 0.25) is 0 Å². The number of hydrogen-bond donors (Lipinski definition) is 1. The first-order valence-corrected chi connectivity index (χ1v) is 8.12. The molecule has 0 fully saturated rings. The third kappa shape index (κ3) is 2.98. The number of phenolic OH excluding ortho intramolecular Hbond substituents is 1. The molecule has 0 aliphatic carbocycles. The molecule has 0 radical (unpaired) electrons. The molecule has 4 heteroatoms. The lowest BCUT2D eigenvalue weighted by Crippen LogP contribution is -2.22. The van der Waals surface area contributed by atoms with Crippen molar-refractivity contribution in [2.75, 3.05) is 0 Å². The van der Waals surface area contributed by atoms with E-state index in [0.717, 1.165) is 11.1 Å².